The van der Waals surface area contributed by atoms with Gasteiger partial charge in [0.1, 0.15) is 5.75 Å². The maximum Gasteiger partial charge on any atom is 0.123 e. The standard InChI is InChI=1S/C19H31NO/c1-14(2)13-19(10-6-7-11-19)18(20-4)16-12-15(3)8-9-17(16)21-5/h8-9,12,14,18,20H,6-7,10-11,13H2,1-5H3. The molecule has 1 saturated carbocycles. The van der Waals surface area contributed by atoms with Crippen molar-refractivity contribution in [1.29, 1.82) is 0 Å². The van der Waals surface area contributed by atoms with Gasteiger partial charge in [-0.15, -0.1) is 0 Å². The first kappa shape index (κ1) is 16.4. The maximum absolute atomic E-state index is 5.65. The third kappa shape index (κ3) is 3.42. The normalized spacial score (nSPS) is 19.0. The van der Waals surface area contributed by atoms with Crippen molar-refractivity contribution in [2.75, 3.05) is 14.2 Å². The second-order valence-corrected chi connectivity index (χ2v) is 7.13. The molecule has 1 aliphatic carbocycles. The molecule has 0 aliphatic heterocycles. The van der Waals surface area contributed by atoms with E-state index in [0.717, 1.165) is 11.7 Å². The highest BCUT2D eigenvalue weighted by molar-refractivity contribution is 5.40. The van der Waals surface area contributed by atoms with Crippen LogP contribution in [-0.2, 0) is 0 Å². The molecule has 1 aromatic carbocycles. The molecule has 0 amide bonds. The van der Waals surface area contributed by atoms with E-state index in [2.05, 4.69) is 51.3 Å². The molecule has 0 heterocycles. The Morgan fingerprint density at radius 2 is 1.90 bits per heavy atom. The van der Waals surface area contributed by atoms with E-state index in [-0.39, 0.29) is 0 Å². The molecule has 1 aliphatic rings. The predicted molar refractivity (Wildman–Crippen MR) is 89.9 cm³/mol. The summed E-state index contributed by atoms with van der Waals surface area (Å²) in [4.78, 5) is 0. The van der Waals surface area contributed by atoms with Crippen LogP contribution < -0.4 is 10.1 Å². The van der Waals surface area contributed by atoms with Gasteiger partial charge in [0.05, 0.1) is 7.11 Å². The molecule has 0 radical (unpaired) electrons. The van der Waals surface area contributed by atoms with Crippen LogP contribution >= 0.6 is 0 Å². The monoisotopic (exact) mass is 289 g/mol. The average Bonchev–Trinajstić information content (AvgIpc) is 2.88. The summed E-state index contributed by atoms with van der Waals surface area (Å²) in [5, 5.41) is 3.63. The lowest BCUT2D eigenvalue weighted by atomic mass is 9.70. The van der Waals surface area contributed by atoms with E-state index >= 15 is 0 Å². The van der Waals surface area contributed by atoms with Gasteiger partial charge in [0.25, 0.3) is 0 Å². The topological polar surface area (TPSA) is 21.3 Å². The lowest BCUT2D eigenvalue weighted by molar-refractivity contribution is 0.159. The Morgan fingerprint density at radius 3 is 2.43 bits per heavy atom. The van der Waals surface area contributed by atoms with E-state index in [0.29, 0.717) is 11.5 Å². The maximum atomic E-state index is 5.65. The third-order valence-electron chi connectivity index (χ3n) is 5.01. The van der Waals surface area contributed by atoms with Crippen molar-refractivity contribution in [2.24, 2.45) is 11.3 Å². The molecule has 118 valence electrons. The van der Waals surface area contributed by atoms with Gasteiger partial charge < -0.3 is 10.1 Å². The van der Waals surface area contributed by atoms with Crippen molar-refractivity contribution in [3.8, 4) is 5.75 Å². The summed E-state index contributed by atoms with van der Waals surface area (Å²) >= 11 is 0. The summed E-state index contributed by atoms with van der Waals surface area (Å²) in [7, 11) is 3.89. The minimum absolute atomic E-state index is 0.379. The number of aryl methyl sites for hydroxylation is 1. The molecule has 1 unspecified atom stereocenters. The largest absolute Gasteiger partial charge is 0.496 e. The Morgan fingerprint density at radius 1 is 1.24 bits per heavy atom. The van der Waals surface area contributed by atoms with Gasteiger partial charge in [0.2, 0.25) is 0 Å². The molecule has 1 aromatic rings. The fourth-order valence-corrected chi connectivity index (χ4v) is 4.37. The second-order valence-electron chi connectivity index (χ2n) is 7.13. The van der Waals surface area contributed by atoms with E-state index in [9.17, 15) is 0 Å². The van der Waals surface area contributed by atoms with Gasteiger partial charge >= 0.3 is 0 Å². The quantitative estimate of drug-likeness (QED) is 0.806. The van der Waals surface area contributed by atoms with Crippen LogP contribution in [0.5, 0.6) is 5.75 Å². The molecule has 0 bridgehead atoms. The van der Waals surface area contributed by atoms with E-state index in [1.807, 2.05) is 0 Å². The van der Waals surface area contributed by atoms with Gasteiger partial charge in [0.15, 0.2) is 0 Å². The molecule has 0 spiro atoms. The fraction of sp³-hybridized carbons (Fsp3) is 0.684. The number of methoxy groups -OCH3 is 1. The summed E-state index contributed by atoms with van der Waals surface area (Å²) in [5.74, 6) is 1.75. The Kier molecular flexibility index (Phi) is 5.32. The summed E-state index contributed by atoms with van der Waals surface area (Å²) in [6.45, 7) is 6.86. The average molecular weight is 289 g/mol. The van der Waals surface area contributed by atoms with Gasteiger partial charge in [-0.2, -0.15) is 0 Å². The van der Waals surface area contributed by atoms with Crippen molar-refractivity contribution in [3.63, 3.8) is 0 Å². The van der Waals surface area contributed by atoms with Crippen molar-refractivity contribution in [3.05, 3.63) is 29.3 Å². The van der Waals surface area contributed by atoms with Crippen LogP contribution in [0.1, 0.15) is 63.1 Å². The summed E-state index contributed by atoms with van der Waals surface area (Å²) in [6, 6.07) is 6.95. The highest BCUT2D eigenvalue weighted by Gasteiger charge is 2.42. The molecular weight excluding hydrogens is 258 g/mol. The highest BCUT2D eigenvalue weighted by Crippen LogP contribution is 2.52. The lowest BCUT2D eigenvalue weighted by Crippen LogP contribution is -2.36. The lowest BCUT2D eigenvalue weighted by Gasteiger charge is -2.40. The SMILES string of the molecule is CNC(c1cc(C)ccc1OC)C1(CC(C)C)CCCC1. The summed E-state index contributed by atoms with van der Waals surface area (Å²) < 4.78 is 5.65. The van der Waals surface area contributed by atoms with Crippen molar-refractivity contribution in [1.82, 2.24) is 5.32 Å². The Hall–Kier alpha value is -1.02. The zero-order valence-corrected chi connectivity index (χ0v) is 14.3. The van der Waals surface area contributed by atoms with Crippen LogP contribution in [0.3, 0.4) is 0 Å². The first-order valence-corrected chi connectivity index (χ1v) is 8.34. The molecule has 0 saturated heterocycles. The van der Waals surface area contributed by atoms with Crippen LogP contribution in [0.15, 0.2) is 18.2 Å². The number of hydrogen-bond acceptors (Lipinski definition) is 2. The zero-order valence-electron chi connectivity index (χ0n) is 14.3. The zero-order chi connectivity index (χ0) is 15.5. The van der Waals surface area contributed by atoms with E-state index < -0.39 is 0 Å². The van der Waals surface area contributed by atoms with Crippen LogP contribution in [-0.4, -0.2) is 14.2 Å². The minimum Gasteiger partial charge on any atom is -0.496 e. The van der Waals surface area contributed by atoms with Crippen LogP contribution in [0.25, 0.3) is 0 Å². The smallest absolute Gasteiger partial charge is 0.123 e. The van der Waals surface area contributed by atoms with Gasteiger partial charge in [-0.05, 0) is 50.6 Å². The first-order chi connectivity index (χ1) is 10.0. The Balaban J connectivity index is 2.43. The second kappa shape index (κ2) is 6.83. The molecule has 2 rings (SSSR count). The number of ether oxygens (including phenoxy) is 1. The fourth-order valence-electron chi connectivity index (χ4n) is 4.37. The van der Waals surface area contributed by atoms with Crippen LogP contribution in [0, 0.1) is 18.3 Å². The minimum atomic E-state index is 0.379. The van der Waals surface area contributed by atoms with Gasteiger partial charge in [-0.3, -0.25) is 0 Å². The molecule has 2 nitrogen and oxygen atoms in total. The number of hydrogen-bond donors (Lipinski definition) is 1. The predicted octanol–water partition coefficient (Wildman–Crippen LogP) is 4.87. The highest BCUT2D eigenvalue weighted by atomic mass is 16.5. The van der Waals surface area contributed by atoms with E-state index in [1.165, 1.54) is 43.2 Å². The Labute approximate surface area is 130 Å². The molecule has 0 aromatic heterocycles. The van der Waals surface area contributed by atoms with Crippen LogP contribution in [0.4, 0.5) is 0 Å². The molecular formula is C19H31NO. The van der Waals surface area contributed by atoms with Crippen LogP contribution in [0.2, 0.25) is 0 Å². The number of rotatable bonds is 6. The van der Waals surface area contributed by atoms with Gasteiger partial charge in [-0.1, -0.05) is 44.4 Å². The molecule has 1 atom stereocenters. The van der Waals surface area contributed by atoms with E-state index in [1.54, 1.807) is 7.11 Å². The van der Waals surface area contributed by atoms with Crippen molar-refractivity contribution in [2.45, 2.75) is 58.9 Å². The first-order valence-electron chi connectivity index (χ1n) is 8.34. The summed E-state index contributed by atoms with van der Waals surface area (Å²) in [6.07, 6.45) is 6.66. The van der Waals surface area contributed by atoms with Crippen molar-refractivity contribution >= 4 is 0 Å². The molecule has 1 N–H and O–H groups in total. The van der Waals surface area contributed by atoms with Gasteiger partial charge in [-0.25, -0.2) is 0 Å². The molecule has 2 heteroatoms. The van der Waals surface area contributed by atoms with Gasteiger partial charge in [0, 0.05) is 11.6 Å². The third-order valence-corrected chi connectivity index (χ3v) is 5.01. The molecule has 1 fully saturated rings. The summed E-state index contributed by atoms with van der Waals surface area (Å²) in [5.41, 5.74) is 3.02. The molecule has 21 heavy (non-hydrogen) atoms. The number of benzene rings is 1. The Bertz CT molecular complexity index is 461. The van der Waals surface area contributed by atoms with Crippen molar-refractivity contribution < 1.29 is 4.74 Å². The number of nitrogens with one attached hydrogen (secondary N) is 1. The van der Waals surface area contributed by atoms with E-state index in [4.69, 9.17) is 4.74 Å².